The second-order valence-electron chi connectivity index (χ2n) is 5.78. The lowest BCUT2D eigenvalue weighted by molar-refractivity contribution is 0.0597. The molecule has 1 saturated heterocycles. The molecule has 1 amide bonds. The SMILES string of the molecule is Cc1cc(C)nc(C2(C)CCCN2C(=O)c2ccn[nH]2)n1. The average Bonchev–Trinajstić information content (AvgIpc) is 3.06. The Morgan fingerprint density at radius 1 is 1.33 bits per heavy atom. The number of aromatic amines is 1. The number of H-pyrrole nitrogens is 1. The highest BCUT2D eigenvalue weighted by atomic mass is 16.2. The Bertz CT molecular complexity index is 646. The maximum Gasteiger partial charge on any atom is 0.272 e. The Kier molecular flexibility index (Phi) is 3.23. The zero-order valence-electron chi connectivity index (χ0n) is 12.6. The van der Waals surface area contributed by atoms with Gasteiger partial charge >= 0.3 is 0 Å². The molecule has 0 aliphatic carbocycles. The summed E-state index contributed by atoms with van der Waals surface area (Å²) in [5, 5.41) is 6.60. The highest BCUT2D eigenvalue weighted by Gasteiger charge is 2.44. The Morgan fingerprint density at radius 3 is 2.67 bits per heavy atom. The number of nitrogens with zero attached hydrogens (tertiary/aromatic N) is 4. The van der Waals surface area contributed by atoms with Crippen LogP contribution in [0.15, 0.2) is 18.3 Å². The predicted octanol–water partition coefficient (Wildman–Crippen LogP) is 1.97. The summed E-state index contributed by atoms with van der Waals surface area (Å²) in [6.07, 6.45) is 3.41. The molecule has 21 heavy (non-hydrogen) atoms. The first-order valence-corrected chi connectivity index (χ1v) is 7.15. The molecule has 0 bridgehead atoms. The van der Waals surface area contributed by atoms with Crippen molar-refractivity contribution in [2.75, 3.05) is 6.54 Å². The van der Waals surface area contributed by atoms with Gasteiger partial charge < -0.3 is 4.90 Å². The average molecular weight is 285 g/mol. The molecule has 1 atom stereocenters. The van der Waals surface area contributed by atoms with E-state index in [0.717, 1.165) is 30.1 Å². The van der Waals surface area contributed by atoms with Gasteiger partial charge in [-0.05, 0) is 45.7 Å². The van der Waals surface area contributed by atoms with Gasteiger partial charge in [0, 0.05) is 24.1 Å². The smallest absolute Gasteiger partial charge is 0.272 e. The van der Waals surface area contributed by atoms with Crippen LogP contribution in [0.2, 0.25) is 0 Å². The predicted molar refractivity (Wildman–Crippen MR) is 77.7 cm³/mol. The van der Waals surface area contributed by atoms with Crippen molar-refractivity contribution in [3.63, 3.8) is 0 Å². The van der Waals surface area contributed by atoms with Gasteiger partial charge in [0.2, 0.25) is 0 Å². The van der Waals surface area contributed by atoms with Crippen LogP contribution in [0.3, 0.4) is 0 Å². The molecular weight excluding hydrogens is 266 g/mol. The van der Waals surface area contributed by atoms with Crippen molar-refractivity contribution in [1.82, 2.24) is 25.1 Å². The van der Waals surface area contributed by atoms with E-state index in [4.69, 9.17) is 0 Å². The van der Waals surface area contributed by atoms with Crippen molar-refractivity contribution in [2.45, 2.75) is 39.2 Å². The third kappa shape index (κ3) is 2.30. The summed E-state index contributed by atoms with van der Waals surface area (Å²) < 4.78 is 0. The summed E-state index contributed by atoms with van der Waals surface area (Å²) in [5.74, 6) is 0.681. The number of carbonyl (C=O) groups is 1. The van der Waals surface area contributed by atoms with Gasteiger partial charge in [-0.2, -0.15) is 5.10 Å². The first-order chi connectivity index (χ1) is 10.0. The van der Waals surface area contributed by atoms with Crippen LogP contribution in [0.1, 0.15) is 47.5 Å². The fraction of sp³-hybridized carbons (Fsp3) is 0.467. The van der Waals surface area contributed by atoms with Gasteiger partial charge in [-0.25, -0.2) is 9.97 Å². The van der Waals surface area contributed by atoms with Crippen LogP contribution in [-0.2, 0) is 5.54 Å². The summed E-state index contributed by atoms with van der Waals surface area (Å²) in [4.78, 5) is 23.7. The first kappa shape index (κ1) is 13.7. The van der Waals surface area contributed by atoms with E-state index in [-0.39, 0.29) is 5.91 Å². The van der Waals surface area contributed by atoms with Gasteiger partial charge in [0.25, 0.3) is 5.91 Å². The van der Waals surface area contributed by atoms with Crippen molar-refractivity contribution in [3.8, 4) is 0 Å². The van der Waals surface area contributed by atoms with Crippen molar-refractivity contribution in [1.29, 1.82) is 0 Å². The number of carbonyl (C=O) groups excluding carboxylic acids is 1. The van der Waals surface area contributed by atoms with Crippen LogP contribution < -0.4 is 0 Å². The van der Waals surface area contributed by atoms with Gasteiger partial charge in [0.15, 0.2) is 5.82 Å². The lowest BCUT2D eigenvalue weighted by Crippen LogP contribution is -2.44. The Morgan fingerprint density at radius 2 is 2.05 bits per heavy atom. The molecule has 0 spiro atoms. The molecular formula is C15H19N5O. The van der Waals surface area contributed by atoms with Gasteiger partial charge in [-0.15, -0.1) is 0 Å². The molecule has 1 fully saturated rings. The highest BCUT2D eigenvalue weighted by molar-refractivity contribution is 5.93. The fourth-order valence-electron chi connectivity index (χ4n) is 3.01. The highest BCUT2D eigenvalue weighted by Crippen LogP contribution is 2.37. The molecule has 0 radical (unpaired) electrons. The number of aromatic nitrogens is 4. The van der Waals surface area contributed by atoms with Crippen LogP contribution in [0.4, 0.5) is 0 Å². The maximum absolute atomic E-state index is 12.7. The molecule has 3 rings (SSSR count). The zero-order valence-corrected chi connectivity index (χ0v) is 12.6. The first-order valence-electron chi connectivity index (χ1n) is 7.15. The van der Waals surface area contributed by atoms with Gasteiger partial charge in [0.05, 0.1) is 0 Å². The molecule has 2 aromatic heterocycles. The van der Waals surface area contributed by atoms with Crippen molar-refractivity contribution in [2.24, 2.45) is 0 Å². The molecule has 1 N–H and O–H groups in total. The third-order valence-electron chi connectivity index (χ3n) is 4.08. The molecule has 6 heteroatoms. The van der Waals surface area contributed by atoms with E-state index >= 15 is 0 Å². The summed E-state index contributed by atoms with van der Waals surface area (Å²) in [6, 6.07) is 3.65. The van der Waals surface area contributed by atoms with Crippen LogP contribution in [0.25, 0.3) is 0 Å². The Labute approximate surface area is 123 Å². The van der Waals surface area contributed by atoms with E-state index in [2.05, 4.69) is 20.2 Å². The van der Waals surface area contributed by atoms with E-state index in [9.17, 15) is 4.79 Å². The molecule has 6 nitrogen and oxygen atoms in total. The summed E-state index contributed by atoms with van der Waals surface area (Å²) >= 11 is 0. The number of likely N-dealkylation sites (tertiary alicyclic amines) is 1. The van der Waals surface area contributed by atoms with Crippen LogP contribution in [-0.4, -0.2) is 37.5 Å². The number of amides is 1. The Hall–Kier alpha value is -2.24. The lowest BCUT2D eigenvalue weighted by atomic mass is 9.97. The monoisotopic (exact) mass is 285 g/mol. The minimum Gasteiger partial charge on any atom is -0.325 e. The number of aryl methyl sites for hydroxylation is 2. The van der Waals surface area contributed by atoms with Crippen LogP contribution in [0.5, 0.6) is 0 Å². The molecule has 1 aliphatic rings. The van der Waals surface area contributed by atoms with Gasteiger partial charge in [-0.3, -0.25) is 9.89 Å². The lowest BCUT2D eigenvalue weighted by Gasteiger charge is -2.33. The summed E-state index contributed by atoms with van der Waals surface area (Å²) in [5.41, 5.74) is 1.91. The summed E-state index contributed by atoms with van der Waals surface area (Å²) in [6.45, 7) is 6.67. The third-order valence-corrected chi connectivity index (χ3v) is 4.08. The molecule has 2 aromatic rings. The maximum atomic E-state index is 12.7. The van der Waals surface area contributed by atoms with Crippen LogP contribution in [0, 0.1) is 13.8 Å². The van der Waals surface area contributed by atoms with E-state index in [1.807, 2.05) is 31.7 Å². The van der Waals surface area contributed by atoms with E-state index in [0.29, 0.717) is 12.2 Å². The van der Waals surface area contributed by atoms with E-state index in [1.54, 1.807) is 12.3 Å². The normalized spacial score (nSPS) is 21.8. The number of nitrogens with one attached hydrogen (secondary N) is 1. The topological polar surface area (TPSA) is 74.8 Å². The quantitative estimate of drug-likeness (QED) is 0.915. The molecule has 1 aliphatic heterocycles. The number of rotatable bonds is 2. The molecule has 110 valence electrons. The standard InChI is InChI=1S/C15H19N5O/c1-10-9-11(2)18-14(17-10)15(3)6-4-8-20(15)13(21)12-5-7-16-19-12/h5,7,9H,4,6,8H2,1-3H3,(H,16,19). The number of hydrogen-bond donors (Lipinski definition) is 1. The summed E-state index contributed by atoms with van der Waals surface area (Å²) in [7, 11) is 0. The van der Waals surface area contributed by atoms with Gasteiger partial charge in [-0.1, -0.05) is 0 Å². The second kappa shape index (κ2) is 4.95. The zero-order chi connectivity index (χ0) is 15.0. The molecule has 3 heterocycles. The van der Waals surface area contributed by atoms with Crippen molar-refractivity contribution in [3.05, 3.63) is 41.2 Å². The van der Waals surface area contributed by atoms with Crippen molar-refractivity contribution < 1.29 is 4.79 Å². The van der Waals surface area contributed by atoms with Gasteiger partial charge in [0.1, 0.15) is 11.2 Å². The Balaban J connectivity index is 2.00. The fourth-order valence-corrected chi connectivity index (χ4v) is 3.01. The minimum absolute atomic E-state index is 0.0461. The van der Waals surface area contributed by atoms with Crippen LogP contribution >= 0.6 is 0 Å². The molecule has 0 aromatic carbocycles. The van der Waals surface area contributed by atoms with E-state index < -0.39 is 5.54 Å². The molecule has 1 unspecified atom stereocenters. The van der Waals surface area contributed by atoms with Crippen molar-refractivity contribution >= 4 is 5.91 Å². The largest absolute Gasteiger partial charge is 0.325 e. The molecule has 0 saturated carbocycles. The van der Waals surface area contributed by atoms with E-state index in [1.165, 1.54) is 0 Å². The second-order valence-corrected chi connectivity index (χ2v) is 5.78. The number of hydrogen-bond acceptors (Lipinski definition) is 4. The minimum atomic E-state index is -0.459.